The van der Waals surface area contributed by atoms with Gasteiger partial charge in [-0.25, -0.2) is 9.79 Å². The summed E-state index contributed by atoms with van der Waals surface area (Å²) in [5.74, 6) is 0.645. The van der Waals surface area contributed by atoms with Crippen molar-refractivity contribution >= 4 is 46.5 Å². The molecule has 0 aromatic heterocycles. The van der Waals surface area contributed by atoms with Crippen LogP contribution in [0.25, 0.3) is 0 Å². The summed E-state index contributed by atoms with van der Waals surface area (Å²) < 4.78 is 1.60. The van der Waals surface area contributed by atoms with E-state index in [-0.39, 0.29) is 12.5 Å². The van der Waals surface area contributed by atoms with Crippen molar-refractivity contribution in [3.05, 3.63) is 48.5 Å². The number of para-hydroxylation sites is 1. The number of aliphatic hydroxyl groups is 1. The summed E-state index contributed by atoms with van der Waals surface area (Å²) in [7, 11) is 0. The van der Waals surface area contributed by atoms with Crippen LogP contribution < -0.4 is 21.7 Å². The molecule has 154 valence electrons. The molecule has 30 heavy (non-hydrogen) atoms. The topological polar surface area (TPSA) is 132 Å². The minimum atomic E-state index is -0.675. The third kappa shape index (κ3) is 4.01. The molecular weight excluding hydrogens is 382 g/mol. The highest BCUT2D eigenvalue weighted by Crippen LogP contribution is 2.33. The Morgan fingerprint density at radius 1 is 1.30 bits per heavy atom. The molecule has 2 aromatic rings. The Hall–Kier alpha value is -3.72. The van der Waals surface area contributed by atoms with Gasteiger partial charge in [0.05, 0.1) is 11.4 Å². The zero-order valence-electron chi connectivity index (χ0n) is 16.4. The van der Waals surface area contributed by atoms with Crippen molar-refractivity contribution < 1.29 is 14.6 Å². The fourth-order valence-corrected chi connectivity index (χ4v) is 3.61. The molecule has 2 heterocycles. The first-order chi connectivity index (χ1) is 14.5. The van der Waals surface area contributed by atoms with Gasteiger partial charge in [-0.15, -0.1) is 0 Å². The first-order valence-electron chi connectivity index (χ1n) is 9.72. The van der Waals surface area contributed by atoms with Gasteiger partial charge < -0.3 is 21.1 Å². The molecule has 1 saturated heterocycles. The van der Waals surface area contributed by atoms with Crippen LogP contribution in [0.3, 0.4) is 0 Å². The second kappa shape index (κ2) is 8.34. The standard InChI is InChI=1S/C21H23N7O2/c22-20-19(11-24-28(20)15-4-2-1-3-5-15)25-17-7-6-16(10-18(17)26-21(23)30)27-9-8-14(12-27)13-29/h1-7,10-11,14,29H,8-9,12-13H2,(H4,22,23,24,26,30)/p+1. The lowest BCUT2D eigenvalue weighted by molar-refractivity contribution is -0.441. The SMILES string of the molecule is NC(=O)Nc1cc(N2CCC(CO)C2)ccc1N=C1C=N[N+](c2ccccc2)=C1N. The molecule has 2 aliphatic rings. The number of nitrogens with two attached hydrogens (primary N) is 2. The summed E-state index contributed by atoms with van der Waals surface area (Å²) in [6, 6.07) is 14.4. The number of aliphatic hydroxyl groups excluding tert-OH is 1. The summed E-state index contributed by atoms with van der Waals surface area (Å²) in [4.78, 5) is 18.3. The molecule has 9 nitrogen and oxygen atoms in total. The average molecular weight is 406 g/mol. The predicted molar refractivity (Wildman–Crippen MR) is 118 cm³/mol. The number of primary amides is 1. The maximum absolute atomic E-state index is 11.5. The van der Waals surface area contributed by atoms with E-state index in [1.54, 1.807) is 10.9 Å². The first-order valence-corrected chi connectivity index (χ1v) is 9.72. The van der Waals surface area contributed by atoms with Gasteiger partial charge in [0.25, 0.3) is 0 Å². The third-order valence-corrected chi connectivity index (χ3v) is 5.17. The van der Waals surface area contributed by atoms with Crippen molar-refractivity contribution in [1.82, 2.24) is 0 Å². The summed E-state index contributed by atoms with van der Waals surface area (Å²) in [5, 5.41) is 16.4. The van der Waals surface area contributed by atoms with Crippen molar-refractivity contribution in [3.63, 3.8) is 0 Å². The Balaban J connectivity index is 1.66. The third-order valence-electron chi connectivity index (χ3n) is 5.17. The van der Waals surface area contributed by atoms with Gasteiger partial charge in [0, 0.05) is 31.3 Å². The number of carbonyl (C=O) groups is 1. The van der Waals surface area contributed by atoms with Gasteiger partial charge in [-0.2, -0.15) is 0 Å². The van der Waals surface area contributed by atoms with Gasteiger partial charge in [-0.3, -0.25) is 5.73 Å². The Morgan fingerprint density at radius 3 is 2.80 bits per heavy atom. The van der Waals surface area contributed by atoms with E-state index >= 15 is 0 Å². The number of rotatable bonds is 5. The molecule has 0 spiro atoms. The monoisotopic (exact) mass is 406 g/mol. The van der Waals surface area contributed by atoms with Crippen LogP contribution in [0.2, 0.25) is 0 Å². The highest BCUT2D eigenvalue weighted by atomic mass is 16.3. The van der Waals surface area contributed by atoms with E-state index in [0.717, 1.165) is 30.9 Å². The van der Waals surface area contributed by atoms with E-state index in [4.69, 9.17) is 11.5 Å². The quantitative estimate of drug-likeness (QED) is 0.563. The van der Waals surface area contributed by atoms with Crippen LogP contribution in [0.4, 0.5) is 27.5 Å². The Kier molecular flexibility index (Phi) is 5.44. The summed E-state index contributed by atoms with van der Waals surface area (Å²) in [6.07, 6.45) is 2.51. The van der Waals surface area contributed by atoms with Gasteiger partial charge in [-0.1, -0.05) is 28.0 Å². The van der Waals surface area contributed by atoms with E-state index < -0.39 is 6.03 Å². The van der Waals surface area contributed by atoms with Gasteiger partial charge in [0.1, 0.15) is 6.21 Å². The number of urea groups is 1. The molecule has 9 heteroatoms. The van der Waals surface area contributed by atoms with Crippen LogP contribution in [0, 0.1) is 5.92 Å². The molecule has 0 aliphatic carbocycles. The average Bonchev–Trinajstić information content (AvgIpc) is 3.37. The molecule has 2 aromatic carbocycles. The molecule has 1 fully saturated rings. The van der Waals surface area contributed by atoms with E-state index in [1.807, 2.05) is 48.5 Å². The lowest BCUT2D eigenvalue weighted by Gasteiger charge is -2.20. The summed E-state index contributed by atoms with van der Waals surface area (Å²) >= 11 is 0. The maximum atomic E-state index is 11.5. The molecule has 1 unspecified atom stereocenters. The molecule has 0 bridgehead atoms. The van der Waals surface area contributed by atoms with E-state index in [0.29, 0.717) is 22.9 Å². The second-order valence-corrected chi connectivity index (χ2v) is 7.25. The maximum Gasteiger partial charge on any atom is 0.326 e. The van der Waals surface area contributed by atoms with Crippen LogP contribution in [0.15, 0.2) is 58.6 Å². The van der Waals surface area contributed by atoms with Crippen LogP contribution in [0.1, 0.15) is 6.42 Å². The lowest BCUT2D eigenvalue weighted by Crippen LogP contribution is -2.27. The van der Waals surface area contributed by atoms with E-state index in [1.165, 1.54) is 0 Å². The van der Waals surface area contributed by atoms with Gasteiger partial charge in [0.2, 0.25) is 0 Å². The number of nitrogens with one attached hydrogen (secondary N) is 1. The number of nitrogens with zero attached hydrogens (tertiary/aromatic N) is 4. The highest BCUT2D eigenvalue weighted by molar-refractivity contribution is 6.62. The normalized spacial score (nSPS) is 19.7. The van der Waals surface area contributed by atoms with Crippen LogP contribution in [-0.4, -0.2) is 53.3 Å². The Morgan fingerprint density at radius 2 is 2.10 bits per heavy atom. The van der Waals surface area contributed by atoms with Gasteiger partial charge in [0.15, 0.2) is 11.4 Å². The number of amides is 2. The zero-order valence-corrected chi connectivity index (χ0v) is 16.4. The predicted octanol–water partition coefficient (Wildman–Crippen LogP) is 1.77. The van der Waals surface area contributed by atoms with Crippen molar-refractivity contribution in [2.24, 2.45) is 27.5 Å². The van der Waals surface area contributed by atoms with E-state index in [9.17, 15) is 9.90 Å². The molecule has 1 atom stereocenters. The highest BCUT2D eigenvalue weighted by Gasteiger charge is 2.25. The number of benzene rings is 2. The zero-order chi connectivity index (χ0) is 21.1. The minimum Gasteiger partial charge on any atom is -0.396 e. The summed E-state index contributed by atoms with van der Waals surface area (Å²) in [6.45, 7) is 1.77. The second-order valence-electron chi connectivity index (χ2n) is 7.25. The number of hydrogen-bond donors (Lipinski definition) is 4. The molecule has 4 rings (SSSR count). The van der Waals surface area contributed by atoms with Crippen molar-refractivity contribution in [2.45, 2.75) is 6.42 Å². The van der Waals surface area contributed by atoms with Crippen molar-refractivity contribution in [1.29, 1.82) is 0 Å². The number of anilines is 2. The molecular formula is C21H24N7O2+. The number of hydrazone groups is 1. The van der Waals surface area contributed by atoms with Crippen molar-refractivity contribution in [2.75, 3.05) is 29.9 Å². The number of aliphatic imine (C=N–C) groups is 1. The fraction of sp³-hybridized carbons (Fsp3) is 0.238. The Labute approximate surface area is 174 Å². The number of hydrogen-bond acceptors (Lipinski definition) is 6. The molecule has 6 N–H and O–H groups in total. The molecule has 0 radical (unpaired) electrons. The molecule has 2 amide bonds. The molecule has 2 aliphatic heterocycles. The summed E-state index contributed by atoms with van der Waals surface area (Å²) in [5.41, 5.74) is 14.9. The minimum absolute atomic E-state index is 0.168. The van der Waals surface area contributed by atoms with Crippen LogP contribution in [-0.2, 0) is 0 Å². The number of carbonyl (C=O) groups excluding carboxylic acids is 1. The van der Waals surface area contributed by atoms with Crippen LogP contribution in [0.5, 0.6) is 0 Å². The van der Waals surface area contributed by atoms with Gasteiger partial charge >= 0.3 is 11.9 Å². The van der Waals surface area contributed by atoms with Gasteiger partial charge in [-0.05, 0) is 36.8 Å². The van der Waals surface area contributed by atoms with E-state index in [2.05, 4.69) is 20.3 Å². The largest absolute Gasteiger partial charge is 0.396 e. The lowest BCUT2D eigenvalue weighted by atomic mass is 10.1. The number of amidine groups is 1. The fourth-order valence-electron chi connectivity index (χ4n) is 3.61. The smallest absolute Gasteiger partial charge is 0.326 e. The molecule has 0 saturated carbocycles. The van der Waals surface area contributed by atoms with Crippen LogP contribution >= 0.6 is 0 Å². The van der Waals surface area contributed by atoms with Crippen molar-refractivity contribution in [3.8, 4) is 0 Å². The Bertz CT molecular complexity index is 1050. The first kappa shape index (κ1) is 19.6.